The molecule has 0 radical (unpaired) electrons. The molecule has 0 spiro atoms. The van der Waals surface area contributed by atoms with Crippen molar-refractivity contribution >= 4 is 0 Å². The van der Waals surface area contributed by atoms with E-state index in [2.05, 4.69) is 32.3 Å². The minimum Gasteiger partial charge on any atom is -0.261 e. The molecule has 0 amide bonds. The Balaban J connectivity index is -0.000000303. The van der Waals surface area contributed by atoms with Crippen LogP contribution in [0.15, 0.2) is 48.8 Å². The van der Waals surface area contributed by atoms with Gasteiger partial charge in [-0.2, -0.15) is 10.2 Å². The molecule has 27 heavy (non-hydrogen) atoms. The molecule has 0 fully saturated rings. The highest BCUT2D eigenvalue weighted by Gasteiger charge is 1.83. The Morgan fingerprint density at radius 1 is 0.444 bits per heavy atom. The Morgan fingerprint density at radius 3 is 0.926 bits per heavy atom. The second-order valence-corrected chi connectivity index (χ2v) is 5.77. The second-order valence-electron chi connectivity index (χ2n) is 5.77. The molecule has 150 valence electrons. The lowest BCUT2D eigenvalue weighted by molar-refractivity contribution is 0.941. The molecule has 3 heterocycles. The molecule has 4 nitrogen and oxygen atoms in total. The smallest absolute Gasteiger partial charge is 0.0600 e. The van der Waals surface area contributed by atoms with Crippen LogP contribution in [0.3, 0.4) is 0 Å². The van der Waals surface area contributed by atoms with Crippen LogP contribution >= 0.6 is 0 Å². The van der Waals surface area contributed by atoms with E-state index >= 15 is 0 Å². The molecule has 0 N–H and O–H groups in total. The van der Waals surface area contributed by atoms with E-state index in [0.717, 1.165) is 22.8 Å². The van der Waals surface area contributed by atoms with Crippen molar-refractivity contribution in [2.75, 3.05) is 0 Å². The summed E-state index contributed by atoms with van der Waals surface area (Å²) in [5.41, 5.74) is 6.53. The van der Waals surface area contributed by atoms with Gasteiger partial charge in [-0.1, -0.05) is 34.4 Å². The predicted octanol–water partition coefficient (Wildman–Crippen LogP) is 6.40. The van der Waals surface area contributed by atoms with Gasteiger partial charge in [0.2, 0.25) is 0 Å². The molecule has 0 aliphatic carbocycles. The highest BCUT2D eigenvalue weighted by molar-refractivity contribution is 5.11. The largest absolute Gasteiger partial charge is 0.261 e. The van der Waals surface area contributed by atoms with Gasteiger partial charge in [-0.15, -0.1) is 0 Å². The van der Waals surface area contributed by atoms with Gasteiger partial charge in [-0.25, -0.2) is 0 Å². The van der Waals surface area contributed by atoms with Crippen molar-refractivity contribution in [3.05, 3.63) is 82.7 Å². The third kappa shape index (κ3) is 14.3. The van der Waals surface area contributed by atoms with Crippen molar-refractivity contribution < 1.29 is 0 Å². The quantitative estimate of drug-likeness (QED) is 0.459. The molecule has 0 saturated heterocycles. The summed E-state index contributed by atoms with van der Waals surface area (Å²) in [5, 5.41) is 7.66. The van der Waals surface area contributed by atoms with Crippen LogP contribution in [-0.4, -0.2) is 20.2 Å². The van der Waals surface area contributed by atoms with Crippen LogP contribution in [0.5, 0.6) is 0 Å². The molecule has 4 heteroatoms. The Bertz CT molecular complexity index is 536. The monoisotopic (exact) mass is 370 g/mol. The van der Waals surface area contributed by atoms with E-state index in [9.17, 15) is 0 Å². The van der Waals surface area contributed by atoms with Gasteiger partial charge in [-0.05, 0) is 76.9 Å². The fourth-order valence-electron chi connectivity index (χ4n) is 1.55. The summed E-state index contributed by atoms with van der Waals surface area (Å²) in [6.07, 6.45) is 3.74. The molecule has 0 atom stereocenters. The van der Waals surface area contributed by atoms with Crippen molar-refractivity contribution in [3.63, 3.8) is 0 Å². The van der Waals surface area contributed by atoms with Crippen molar-refractivity contribution in [3.8, 4) is 0 Å². The number of hydrogen-bond acceptors (Lipinski definition) is 4. The van der Waals surface area contributed by atoms with E-state index in [0.29, 0.717) is 0 Å². The third-order valence-electron chi connectivity index (χ3n) is 3.05. The van der Waals surface area contributed by atoms with Crippen molar-refractivity contribution in [2.45, 2.75) is 63.8 Å². The molecule has 3 aromatic rings. The van der Waals surface area contributed by atoms with Crippen LogP contribution in [-0.2, 0) is 0 Å². The Kier molecular flexibility index (Phi) is 16.9. The maximum Gasteiger partial charge on any atom is 0.0600 e. The van der Waals surface area contributed by atoms with Gasteiger partial charge in [0, 0.05) is 23.8 Å². The third-order valence-corrected chi connectivity index (χ3v) is 3.05. The number of pyridine rings is 2. The average molecular weight is 371 g/mol. The molecule has 0 aliphatic rings. The minimum atomic E-state index is 0. The summed E-state index contributed by atoms with van der Waals surface area (Å²) in [6, 6.07) is 12.0. The molecule has 0 bridgehead atoms. The van der Waals surface area contributed by atoms with Gasteiger partial charge in [0.1, 0.15) is 0 Å². The minimum absolute atomic E-state index is 0. The molecule has 3 rings (SSSR count). The van der Waals surface area contributed by atoms with E-state index in [1.807, 2.05) is 78.2 Å². The first kappa shape index (κ1) is 29.2. The van der Waals surface area contributed by atoms with E-state index < -0.39 is 0 Å². The van der Waals surface area contributed by atoms with Gasteiger partial charge in [0.15, 0.2) is 0 Å². The summed E-state index contributed by atoms with van der Waals surface area (Å²) in [6.45, 7) is 11.9. The maximum atomic E-state index is 4.08. The van der Waals surface area contributed by atoms with Gasteiger partial charge in [0.25, 0.3) is 0 Å². The zero-order valence-electron chi connectivity index (χ0n) is 15.4. The maximum absolute atomic E-state index is 4.08. The SMILES string of the molecule is C.C.C.Cc1ccc(C)nc1.Cc1ccc(C)nc1.Cc1ccc(C)nn1. The lowest BCUT2D eigenvalue weighted by atomic mass is 10.3. The van der Waals surface area contributed by atoms with Crippen LogP contribution in [0.4, 0.5) is 0 Å². The molecule has 3 aromatic heterocycles. The molecule has 0 aromatic carbocycles. The van der Waals surface area contributed by atoms with Crippen molar-refractivity contribution in [2.24, 2.45) is 0 Å². The number of hydrogen-bond donors (Lipinski definition) is 0. The first-order chi connectivity index (χ1) is 11.4. The summed E-state index contributed by atoms with van der Waals surface area (Å²) in [4.78, 5) is 8.16. The standard InChI is InChI=1S/2C7H9N.C6H8N2.3CH4/c2*1-6-3-4-7(2)8-5-6;1-5-3-4-6(2)8-7-5;;;/h2*3-5H,1-2H3;3-4H,1-2H3;3*1H4. The van der Waals surface area contributed by atoms with Crippen LogP contribution < -0.4 is 0 Å². The number of rotatable bonds is 0. The molecule has 0 aliphatic heterocycles. The topological polar surface area (TPSA) is 51.6 Å². The Hall–Kier alpha value is -2.62. The number of aromatic nitrogens is 4. The first-order valence-corrected chi connectivity index (χ1v) is 7.92. The Labute approximate surface area is 167 Å². The van der Waals surface area contributed by atoms with Crippen LogP contribution in [0.25, 0.3) is 0 Å². The lowest BCUT2D eigenvalue weighted by Gasteiger charge is -1.89. The lowest BCUT2D eigenvalue weighted by Crippen LogP contribution is -1.86. The highest BCUT2D eigenvalue weighted by Crippen LogP contribution is 1.95. The van der Waals surface area contributed by atoms with Crippen molar-refractivity contribution in [1.29, 1.82) is 0 Å². The van der Waals surface area contributed by atoms with E-state index in [4.69, 9.17) is 0 Å². The van der Waals surface area contributed by atoms with Gasteiger partial charge >= 0.3 is 0 Å². The normalized spacial score (nSPS) is 8.22. The van der Waals surface area contributed by atoms with Gasteiger partial charge in [0.05, 0.1) is 11.4 Å². The van der Waals surface area contributed by atoms with E-state index in [1.165, 1.54) is 11.1 Å². The second kappa shape index (κ2) is 15.6. The number of aryl methyl sites for hydroxylation is 6. The summed E-state index contributed by atoms with van der Waals surface area (Å²) < 4.78 is 0. The summed E-state index contributed by atoms with van der Waals surface area (Å²) >= 11 is 0. The van der Waals surface area contributed by atoms with E-state index in [-0.39, 0.29) is 22.3 Å². The van der Waals surface area contributed by atoms with E-state index in [1.54, 1.807) is 0 Å². The van der Waals surface area contributed by atoms with Crippen LogP contribution in [0.2, 0.25) is 0 Å². The molecular weight excluding hydrogens is 332 g/mol. The summed E-state index contributed by atoms with van der Waals surface area (Å²) in [7, 11) is 0. The van der Waals surface area contributed by atoms with Gasteiger partial charge < -0.3 is 0 Å². The highest BCUT2D eigenvalue weighted by atomic mass is 15.1. The predicted molar refractivity (Wildman–Crippen MR) is 119 cm³/mol. The molecular formula is C23H38N4. The fourth-order valence-corrected chi connectivity index (χ4v) is 1.55. The molecule has 0 unspecified atom stereocenters. The van der Waals surface area contributed by atoms with Crippen LogP contribution in [0, 0.1) is 41.5 Å². The zero-order valence-corrected chi connectivity index (χ0v) is 15.4. The first-order valence-electron chi connectivity index (χ1n) is 7.92. The zero-order chi connectivity index (χ0) is 17.9. The molecule has 0 saturated carbocycles. The Morgan fingerprint density at radius 2 is 0.741 bits per heavy atom. The van der Waals surface area contributed by atoms with Crippen LogP contribution in [0.1, 0.15) is 56.2 Å². The summed E-state index contributed by atoms with van der Waals surface area (Å²) in [5.74, 6) is 0. The fraction of sp³-hybridized carbons (Fsp3) is 0.391. The van der Waals surface area contributed by atoms with Gasteiger partial charge in [-0.3, -0.25) is 9.97 Å². The average Bonchev–Trinajstić information content (AvgIpc) is 2.57. The van der Waals surface area contributed by atoms with Crippen molar-refractivity contribution in [1.82, 2.24) is 20.2 Å². The number of nitrogens with zero attached hydrogens (tertiary/aromatic N) is 4.